The van der Waals surface area contributed by atoms with E-state index in [0.717, 1.165) is 25.0 Å². The molecule has 0 saturated carbocycles. The van der Waals surface area contributed by atoms with E-state index < -0.39 is 0 Å². The molecular formula is C19H26N2O3. The summed E-state index contributed by atoms with van der Waals surface area (Å²) in [5, 5.41) is 5.45. The third-order valence-corrected chi connectivity index (χ3v) is 3.94. The van der Waals surface area contributed by atoms with E-state index in [1.807, 2.05) is 30.3 Å². The van der Waals surface area contributed by atoms with Crippen LogP contribution in [0, 0.1) is 0 Å². The van der Waals surface area contributed by atoms with Crippen LogP contribution in [0.3, 0.4) is 0 Å². The van der Waals surface area contributed by atoms with Crippen molar-refractivity contribution < 1.29 is 14.3 Å². The van der Waals surface area contributed by atoms with E-state index >= 15 is 0 Å². The van der Waals surface area contributed by atoms with Crippen molar-refractivity contribution >= 4 is 11.8 Å². The van der Waals surface area contributed by atoms with E-state index in [9.17, 15) is 9.59 Å². The Hall–Kier alpha value is -2.30. The number of allylic oxidation sites excluding steroid dienone is 1. The van der Waals surface area contributed by atoms with E-state index in [-0.39, 0.29) is 24.8 Å². The van der Waals surface area contributed by atoms with E-state index in [2.05, 4.69) is 16.7 Å². The standard InChI is InChI=1S/C19H26N2O3/c22-18(12-14-24-17-9-5-2-6-10-17)21-15-19(23)20-13-11-16-7-3-1-4-8-16/h2,5-7,9-10H,1,3-4,8,11-15H2,(H,20,23)(H,21,22). The van der Waals surface area contributed by atoms with Crippen molar-refractivity contribution in [1.29, 1.82) is 0 Å². The Balaban J connectivity index is 1.51. The fourth-order valence-electron chi connectivity index (χ4n) is 2.60. The SMILES string of the molecule is O=C(CCOc1ccccc1)NCC(=O)NCCC1=CCCCC1. The number of carbonyl (C=O) groups excluding carboxylic acids is 2. The van der Waals surface area contributed by atoms with Crippen molar-refractivity contribution in [3.05, 3.63) is 42.0 Å². The Labute approximate surface area is 143 Å². The maximum atomic E-state index is 11.7. The summed E-state index contributed by atoms with van der Waals surface area (Å²) in [6, 6.07) is 9.34. The monoisotopic (exact) mass is 330 g/mol. The number of benzene rings is 1. The van der Waals surface area contributed by atoms with Gasteiger partial charge >= 0.3 is 0 Å². The van der Waals surface area contributed by atoms with Gasteiger partial charge in [0, 0.05) is 6.54 Å². The minimum atomic E-state index is -0.184. The smallest absolute Gasteiger partial charge is 0.239 e. The van der Waals surface area contributed by atoms with Crippen molar-refractivity contribution in [2.24, 2.45) is 0 Å². The highest BCUT2D eigenvalue weighted by Gasteiger charge is 2.07. The molecule has 1 aliphatic carbocycles. The van der Waals surface area contributed by atoms with Gasteiger partial charge in [0.05, 0.1) is 19.6 Å². The number of amides is 2. The van der Waals surface area contributed by atoms with Gasteiger partial charge < -0.3 is 15.4 Å². The van der Waals surface area contributed by atoms with Crippen LogP contribution < -0.4 is 15.4 Å². The molecule has 0 heterocycles. The van der Waals surface area contributed by atoms with E-state index in [1.165, 1.54) is 18.4 Å². The molecule has 1 aromatic rings. The average Bonchev–Trinajstić information content (AvgIpc) is 2.62. The van der Waals surface area contributed by atoms with Gasteiger partial charge in [0.2, 0.25) is 11.8 Å². The van der Waals surface area contributed by atoms with Gasteiger partial charge in [-0.2, -0.15) is 0 Å². The normalized spacial score (nSPS) is 13.8. The number of hydrogen-bond acceptors (Lipinski definition) is 3. The summed E-state index contributed by atoms with van der Waals surface area (Å²) in [5.41, 5.74) is 1.43. The lowest BCUT2D eigenvalue weighted by Gasteiger charge is -2.13. The zero-order valence-corrected chi connectivity index (χ0v) is 14.1. The van der Waals surface area contributed by atoms with Gasteiger partial charge in [0.15, 0.2) is 0 Å². The van der Waals surface area contributed by atoms with Crippen LogP contribution in [0.25, 0.3) is 0 Å². The lowest BCUT2D eigenvalue weighted by atomic mass is 9.97. The molecule has 1 aliphatic rings. The molecule has 0 bridgehead atoms. The highest BCUT2D eigenvalue weighted by atomic mass is 16.5. The summed E-state index contributed by atoms with van der Waals surface area (Å²) in [6.07, 6.45) is 8.25. The fraction of sp³-hybridized carbons (Fsp3) is 0.474. The quantitative estimate of drug-likeness (QED) is 0.684. The van der Waals surface area contributed by atoms with Gasteiger partial charge in [-0.05, 0) is 44.2 Å². The molecule has 0 saturated heterocycles. The van der Waals surface area contributed by atoms with Crippen molar-refractivity contribution in [2.75, 3.05) is 19.7 Å². The summed E-state index contributed by atoms with van der Waals surface area (Å²) in [4.78, 5) is 23.4. The molecule has 0 aliphatic heterocycles. The maximum Gasteiger partial charge on any atom is 0.239 e. The molecular weight excluding hydrogens is 304 g/mol. The van der Waals surface area contributed by atoms with E-state index in [4.69, 9.17) is 4.74 Å². The van der Waals surface area contributed by atoms with Crippen LogP contribution in [0.1, 0.15) is 38.5 Å². The first-order valence-corrected chi connectivity index (χ1v) is 8.63. The first-order valence-electron chi connectivity index (χ1n) is 8.63. The van der Waals surface area contributed by atoms with Crippen LogP contribution in [0.5, 0.6) is 5.75 Å². The summed E-state index contributed by atoms with van der Waals surface area (Å²) >= 11 is 0. The Morgan fingerprint density at radius 2 is 1.88 bits per heavy atom. The van der Waals surface area contributed by atoms with Crippen LogP contribution >= 0.6 is 0 Å². The Kier molecular flexibility index (Phi) is 7.87. The number of para-hydroxylation sites is 1. The molecule has 0 aromatic heterocycles. The summed E-state index contributed by atoms with van der Waals surface area (Å²) in [7, 11) is 0. The predicted octanol–water partition coefficient (Wildman–Crippen LogP) is 2.58. The first-order chi connectivity index (χ1) is 11.7. The largest absolute Gasteiger partial charge is 0.493 e. The van der Waals surface area contributed by atoms with Crippen molar-refractivity contribution in [3.8, 4) is 5.75 Å². The molecule has 0 fully saturated rings. The number of carbonyl (C=O) groups is 2. The second-order valence-electron chi connectivity index (χ2n) is 5.90. The van der Waals surface area contributed by atoms with Crippen LogP contribution in [-0.2, 0) is 9.59 Å². The summed E-state index contributed by atoms with van der Waals surface area (Å²) in [5.74, 6) is 0.403. The van der Waals surface area contributed by atoms with Crippen molar-refractivity contribution in [2.45, 2.75) is 38.5 Å². The second-order valence-corrected chi connectivity index (χ2v) is 5.90. The molecule has 24 heavy (non-hydrogen) atoms. The number of hydrogen-bond donors (Lipinski definition) is 2. The molecule has 2 N–H and O–H groups in total. The van der Waals surface area contributed by atoms with Crippen LogP contribution in [0.4, 0.5) is 0 Å². The molecule has 2 amide bonds. The molecule has 130 valence electrons. The van der Waals surface area contributed by atoms with Crippen LogP contribution in [0.2, 0.25) is 0 Å². The van der Waals surface area contributed by atoms with Gasteiger partial charge in [-0.25, -0.2) is 0 Å². The molecule has 0 unspecified atom stereocenters. The van der Waals surface area contributed by atoms with Gasteiger partial charge in [0.1, 0.15) is 5.75 Å². The molecule has 0 radical (unpaired) electrons. The summed E-state index contributed by atoms with van der Waals surface area (Å²) < 4.78 is 5.45. The van der Waals surface area contributed by atoms with Gasteiger partial charge in [-0.15, -0.1) is 0 Å². The predicted molar refractivity (Wildman–Crippen MR) is 93.7 cm³/mol. The topological polar surface area (TPSA) is 67.4 Å². The highest BCUT2D eigenvalue weighted by molar-refractivity contribution is 5.84. The zero-order valence-electron chi connectivity index (χ0n) is 14.1. The minimum absolute atomic E-state index is 0.0171. The third-order valence-electron chi connectivity index (χ3n) is 3.94. The first kappa shape index (κ1) is 18.0. The minimum Gasteiger partial charge on any atom is -0.493 e. The van der Waals surface area contributed by atoms with Gasteiger partial charge in [-0.1, -0.05) is 29.8 Å². The fourth-order valence-corrected chi connectivity index (χ4v) is 2.60. The van der Waals surface area contributed by atoms with Crippen molar-refractivity contribution in [1.82, 2.24) is 10.6 Å². The molecule has 2 rings (SSSR count). The van der Waals surface area contributed by atoms with Gasteiger partial charge in [0.25, 0.3) is 0 Å². The Morgan fingerprint density at radius 3 is 2.62 bits per heavy atom. The average molecular weight is 330 g/mol. The molecule has 0 spiro atoms. The molecule has 5 heteroatoms. The van der Waals surface area contributed by atoms with E-state index in [0.29, 0.717) is 13.2 Å². The lowest BCUT2D eigenvalue weighted by molar-refractivity contribution is -0.126. The third kappa shape index (κ3) is 7.31. The van der Waals surface area contributed by atoms with Crippen LogP contribution in [0.15, 0.2) is 42.0 Å². The van der Waals surface area contributed by atoms with E-state index in [1.54, 1.807) is 0 Å². The van der Waals surface area contributed by atoms with Crippen molar-refractivity contribution in [3.63, 3.8) is 0 Å². The maximum absolute atomic E-state index is 11.7. The molecule has 5 nitrogen and oxygen atoms in total. The number of ether oxygens (including phenoxy) is 1. The Bertz CT molecular complexity index is 555. The molecule has 1 aromatic carbocycles. The second kappa shape index (κ2) is 10.5. The number of rotatable bonds is 9. The summed E-state index contributed by atoms with van der Waals surface area (Å²) in [6.45, 7) is 0.951. The lowest BCUT2D eigenvalue weighted by Crippen LogP contribution is -2.37. The highest BCUT2D eigenvalue weighted by Crippen LogP contribution is 2.19. The van der Waals surface area contributed by atoms with Gasteiger partial charge in [-0.3, -0.25) is 9.59 Å². The Morgan fingerprint density at radius 1 is 1.04 bits per heavy atom. The zero-order chi connectivity index (χ0) is 17.0. The van der Waals surface area contributed by atoms with Crippen LogP contribution in [-0.4, -0.2) is 31.5 Å². The number of nitrogens with one attached hydrogen (secondary N) is 2. The molecule has 0 atom stereocenters.